The summed E-state index contributed by atoms with van der Waals surface area (Å²) in [6.07, 6.45) is 2.96. The van der Waals surface area contributed by atoms with E-state index in [4.69, 9.17) is 14.9 Å². The number of oxazole rings is 1. The van der Waals surface area contributed by atoms with Gasteiger partial charge in [0.1, 0.15) is 12.1 Å². The molecular formula is C12H7N5O. The highest BCUT2D eigenvalue weighted by Gasteiger charge is 2.02. The summed E-state index contributed by atoms with van der Waals surface area (Å²) in [7, 11) is 0. The average molecular weight is 237 g/mol. The van der Waals surface area contributed by atoms with Crippen LogP contribution in [0.4, 0.5) is 5.69 Å². The van der Waals surface area contributed by atoms with Gasteiger partial charge in [-0.15, -0.1) is 0 Å². The van der Waals surface area contributed by atoms with Gasteiger partial charge in [0, 0.05) is 5.56 Å². The standard InChI is InChI=1S/C12H7N5O/c13-5-11(6-14)17-16-10-3-1-9(2-4-10)12-7-15-8-18-12/h1-4,7-8,11H. The van der Waals surface area contributed by atoms with Gasteiger partial charge in [-0.25, -0.2) is 4.98 Å². The zero-order chi connectivity index (χ0) is 12.8. The van der Waals surface area contributed by atoms with Crippen molar-refractivity contribution in [1.29, 1.82) is 10.5 Å². The maximum Gasteiger partial charge on any atom is 0.242 e. The van der Waals surface area contributed by atoms with Gasteiger partial charge in [0.15, 0.2) is 12.2 Å². The molecular weight excluding hydrogens is 230 g/mol. The summed E-state index contributed by atoms with van der Waals surface area (Å²) < 4.78 is 5.14. The molecule has 0 spiro atoms. The third-order valence-corrected chi connectivity index (χ3v) is 2.12. The zero-order valence-corrected chi connectivity index (χ0v) is 9.19. The molecule has 0 unspecified atom stereocenters. The van der Waals surface area contributed by atoms with Crippen LogP contribution < -0.4 is 0 Å². The van der Waals surface area contributed by atoms with Gasteiger partial charge >= 0.3 is 0 Å². The molecule has 0 saturated carbocycles. The van der Waals surface area contributed by atoms with Crippen LogP contribution in [-0.2, 0) is 0 Å². The highest BCUT2D eigenvalue weighted by Crippen LogP contribution is 2.22. The van der Waals surface area contributed by atoms with E-state index in [9.17, 15) is 0 Å². The van der Waals surface area contributed by atoms with E-state index >= 15 is 0 Å². The van der Waals surface area contributed by atoms with E-state index < -0.39 is 6.04 Å². The number of nitrogens with zero attached hydrogens (tertiary/aromatic N) is 5. The molecule has 0 radical (unpaired) electrons. The first-order valence-electron chi connectivity index (χ1n) is 5.02. The summed E-state index contributed by atoms with van der Waals surface area (Å²) in [5.74, 6) is 0.658. The van der Waals surface area contributed by atoms with Gasteiger partial charge < -0.3 is 4.42 Å². The first kappa shape index (κ1) is 11.5. The Balaban J connectivity index is 2.14. The lowest BCUT2D eigenvalue weighted by Gasteiger charge is -1.96. The smallest absolute Gasteiger partial charge is 0.242 e. The summed E-state index contributed by atoms with van der Waals surface area (Å²) in [6, 6.07) is 9.37. The molecule has 0 atom stereocenters. The molecule has 0 fully saturated rings. The van der Waals surface area contributed by atoms with Crippen LogP contribution in [0.1, 0.15) is 0 Å². The topological polar surface area (TPSA) is 98.3 Å². The van der Waals surface area contributed by atoms with Crippen molar-refractivity contribution in [1.82, 2.24) is 4.98 Å². The minimum absolute atomic E-state index is 0.564. The van der Waals surface area contributed by atoms with Gasteiger partial charge in [0.25, 0.3) is 0 Å². The Hall–Kier alpha value is -2.99. The van der Waals surface area contributed by atoms with E-state index in [0.29, 0.717) is 11.4 Å². The second-order valence-corrected chi connectivity index (χ2v) is 3.29. The predicted molar refractivity (Wildman–Crippen MR) is 61.5 cm³/mol. The lowest BCUT2D eigenvalue weighted by atomic mass is 10.2. The Bertz CT molecular complexity index is 602. The molecule has 0 N–H and O–H groups in total. The summed E-state index contributed by atoms with van der Waals surface area (Å²) in [4.78, 5) is 3.82. The van der Waals surface area contributed by atoms with Crippen molar-refractivity contribution >= 4 is 5.69 Å². The van der Waals surface area contributed by atoms with Crippen molar-refractivity contribution in [2.24, 2.45) is 10.2 Å². The minimum atomic E-state index is -1.07. The first-order chi connectivity index (χ1) is 8.83. The Morgan fingerprint density at radius 2 is 1.89 bits per heavy atom. The fourth-order valence-electron chi connectivity index (χ4n) is 1.26. The number of hydrogen-bond acceptors (Lipinski definition) is 6. The van der Waals surface area contributed by atoms with E-state index in [0.717, 1.165) is 5.56 Å². The maximum atomic E-state index is 8.53. The highest BCUT2D eigenvalue weighted by molar-refractivity contribution is 5.59. The van der Waals surface area contributed by atoms with Crippen molar-refractivity contribution in [3.63, 3.8) is 0 Å². The zero-order valence-electron chi connectivity index (χ0n) is 9.19. The van der Waals surface area contributed by atoms with Crippen LogP contribution in [0.15, 0.2) is 51.5 Å². The number of aromatic nitrogens is 1. The van der Waals surface area contributed by atoms with Crippen LogP contribution in [0.5, 0.6) is 0 Å². The van der Waals surface area contributed by atoms with Gasteiger partial charge in [-0.1, -0.05) is 0 Å². The molecule has 0 aliphatic rings. The molecule has 6 nitrogen and oxygen atoms in total. The first-order valence-corrected chi connectivity index (χ1v) is 5.02. The third-order valence-electron chi connectivity index (χ3n) is 2.12. The molecule has 0 amide bonds. The van der Waals surface area contributed by atoms with Crippen molar-refractivity contribution in [3.8, 4) is 23.5 Å². The molecule has 0 aliphatic heterocycles. The number of hydrogen-bond donors (Lipinski definition) is 0. The van der Waals surface area contributed by atoms with E-state index in [1.165, 1.54) is 6.39 Å². The number of benzene rings is 1. The molecule has 86 valence electrons. The number of nitriles is 2. The van der Waals surface area contributed by atoms with Gasteiger partial charge in [-0.3, -0.25) is 0 Å². The van der Waals surface area contributed by atoms with Crippen LogP contribution in [-0.4, -0.2) is 11.0 Å². The van der Waals surface area contributed by atoms with Crippen LogP contribution in [0.3, 0.4) is 0 Å². The highest BCUT2D eigenvalue weighted by atomic mass is 16.3. The molecule has 0 bridgehead atoms. The second-order valence-electron chi connectivity index (χ2n) is 3.29. The van der Waals surface area contributed by atoms with E-state index in [-0.39, 0.29) is 0 Å². The fraction of sp³-hybridized carbons (Fsp3) is 0.0833. The number of azo groups is 1. The Kier molecular flexibility index (Phi) is 3.43. The Morgan fingerprint density at radius 1 is 1.17 bits per heavy atom. The molecule has 0 aliphatic carbocycles. The summed E-state index contributed by atoms with van der Waals surface area (Å²) >= 11 is 0. The largest absolute Gasteiger partial charge is 0.444 e. The summed E-state index contributed by atoms with van der Waals surface area (Å²) in [5, 5.41) is 24.4. The van der Waals surface area contributed by atoms with E-state index in [2.05, 4.69) is 15.2 Å². The van der Waals surface area contributed by atoms with Gasteiger partial charge in [0.05, 0.1) is 11.9 Å². The molecule has 2 aromatic rings. The van der Waals surface area contributed by atoms with Crippen LogP contribution >= 0.6 is 0 Å². The molecule has 1 aromatic heterocycles. The second kappa shape index (κ2) is 5.37. The lowest BCUT2D eigenvalue weighted by Crippen LogP contribution is -1.92. The van der Waals surface area contributed by atoms with Crippen LogP contribution in [0.2, 0.25) is 0 Å². The molecule has 1 aromatic carbocycles. The molecule has 0 saturated heterocycles. The maximum absolute atomic E-state index is 8.53. The van der Waals surface area contributed by atoms with E-state index in [1.54, 1.807) is 42.6 Å². The van der Waals surface area contributed by atoms with Crippen molar-refractivity contribution < 1.29 is 4.42 Å². The normalized spacial score (nSPS) is 10.4. The Morgan fingerprint density at radius 3 is 2.44 bits per heavy atom. The van der Waals surface area contributed by atoms with Crippen LogP contribution in [0.25, 0.3) is 11.3 Å². The summed E-state index contributed by atoms with van der Waals surface area (Å²) in [6.45, 7) is 0. The van der Waals surface area contributed by atoms with Crippen LogP contribution in [0, 0.1) is 22.7 Å². The van der Waals surface area contributed by atoms with Gasteiger partial charge in [-0.05, 0) is 24.3 Å². The quantitative estimate of drug-likeness (QED) is 0.766. The Labute approximate surface area is 103 Å². The van der Waals surface area contributed by atoms with Gasteiger partial charge in [-0.2, -0.15) is 20.8 Å². The molecule has 1 heterocycles. The van der Waals surface area contributed by atoms with Crippen molar-refractivity contribution in [2.75, 3.05) is 0 Å². The fourth-order valence-corrected chi connectivity index (χ4v) is 1.26. The minimum Gasteiger partial charge on any atom is -0.444 e. The lowest BCUT2D eigenvalue weighted by molar-refractivity contribution is 0.572. The third kappa shape index (κ3) is 2.57. The average Bonchev–Trinajstić information content (AvgIpc) is 2.94. The SMILES string of the molecule is N#CC(C#N)N=Nc1ccc(-c2cnco2)cc1. The molecule has 18 heavy (non-hydrogen) atoms. The number of rotatable bonds is 3. The van der Waals surface area contributed by atoms with Crippen molar-refractivity contribution in [2.45, 2.75) is 6.04 Å². The monoisotopic (exact) mass is 237 g/mol. The molecule has 6 heteroatoms. The van der Waals surface area contributed by atoms with E-state index in [1.807, 2.05) is 0 Å². The summed E-state index contributed by atoms with van der Waals surface area (Å²) in [5.41, 5.74) is 1.43. The predicted octanol–water partition coefficient (Wildman–Crippen LogP) is 2.84. The van der Waals surface area contributed by atoms with Crippen molar-refractivity contribution in [3.05, 3.63) is 36.9 Å². The molecule has 2 rings (SSSR count). The van der Waals surface area contributed by atoms with Gasteiger partial charge in [0.2, 0.25) is 6.04 Å².